The van der Waals surface area contributed by atoms with Crippen molar-refractivity contribution < 1.29 is 9.31 Å². The van der Waals surface area contributed by atoms with Crippen LogP contribution in [0.25, 0.3) is 185 Å². The second kappa shape index (κ2) is 23.7. The molecule has 0 amide bonds. The number of hydrogen-bond donors (Lipinski definition) is 0. The highest BCUT2D eigenvalue weighted by Crippen LogP contribution is 2.54. The summed E-state index contributed by atoms with van der Waals surface area (Å²) in [7, 11) is -0.375. The average molecular weight is 1450 g/mol. The zero-order valence-corrected chi connectivity index (χ0v) is 63.1. The Balaban J connectivity index is 0.000000111. The number of nitrogens with zero attached hydrogens (tertiary/aromatic N) is 2. The van der Waals surface area contributed by atoms with Crippen LogP contribution in [0.1, 0.15) is 77.6 Å². The molecular formula is C102H74BBrN2O2. The quantitative estimate of drug-likeness (QED) is 0.130. The second-order valence-corrected chi connectivity index (χ2v) is 33.1. The molecule has 0 saturated carbocycles. The fraction of sp³-hybridized carbons (Fsp3) is 0.118. The van der Waals surface area contributed by atoms with Crippen LogP contribution in [0.15, 0.2) is 308 Å². The summed E-state index contributed by atoms with van der Waals surface area (Å²) in [5.74, 6) is 0. The molecule has 20 aromatic rings. The largest absolute Gasteiger partial charge is 0.494 e. The van der Waals surface area contributed by atoms with Crippen LogP contribution in [0.5, 0.6) is 0 Å². The van der Waals surface area contributed by atoms with Gasteiger partial charge in [0.1, 0.15) is 0 Å². The summed E-state index contributed by atoms with van der Waals surface area (Å²) in [5, 5.41) is 28.4. The number of benzene rings is 18. The topological polar surface area (TPSA) is 44.2 Å². The molecule has 0 radical (unpaired) electrons. The Labute approximate surface area is 636 Å². The maximum absolute atomic E-state index is 6.38. The first-order valence-electron chi connectivity index (χ1n) is 37.8. The van der Waals surface area contributed by atoms with Gasteiger partial charge in [0, 0.05) is 48.0 Å². The van der Waals surface area contributed by atoms with Crippen molar-refractivity contribution in [2.24, 2.45) is 0 Å². The van der Waals surface area contributed by atoms with Gasteiger partial charge in [-0.1, -0.05) is 317 Å². The summed E-state index contributed by atoms with van der Waals surface area (Å²) in [6.07, 6.45) is 0. The highest BCUT2D eigenvalue weighted by atomic mass is 79.9. The average Bonchev–Trinajstić information content (AvgIpc) is 1.44. The van der Waals surface area contributed by atoms with E-state index < -0.39 is 0 Å². The molecule has 2 aliphatic carbocycles. The summed E-state index contributed by atoms with van der Waals surface area (Å²) < 4.78 is 13.9. The summed E-state index contributed by atoms with van der Waals surface area (Å²) >= 11 is 3.52. The third kappa shape index (κ3) is 9.69. The van der Waals surface area contributed by atoms with Crippen molar-refractivity contribution in [1.82, 2.24) is 9.97 Å². The number of pyridine rings is 2. The van der Waals surface area contributed by atoms with Crippen LogP contribution < -0.4 is 5.46 Å². The van der Waals surface area contributed by atoms with E-state index in [1.54, 1.807) is 0 Å². The van der Waals surface area contributed by atoms with Crippen LogP contribution in [0.4, 0.5) is 0 Å². The fourth-order valence-electron chi connectivity index (χ4n) is 18.6. The Bertz CT molecular complexity index is 7150. The van der Waals surface area contributed by atoms with Crippen molar-refractivity contribution in [2.45, 2.75) is 77.4 Å². The Morgan fingerprint density at radius 1 is 0.259 bits per heavy atom. The lowest BCUT2D eigenvalue weighted by molar-refractivity contribution is 0.00578. The van der Waals surface area contributed by atoms with Gasteiger partial charge in [0.15, 0.2) is 0 Å². The molecule has 6 heteroatoms. The van der Waals surface area contributed by atoms with E-state index in [9.17, 15) is 0 Å². The number of rotatable bonds is 4. The first-order valence-corrected chi connectivity index (χ1v) is 38.6. The van der Waals surface area contributed by atoms with E-state index in [-0.39, 0.29) is 29.2 Å². The summed E-state index contributed by atoms with van der Waals surface area (Å²) in [4.78, 5) is 10.9. The minimum atomic E-state index is -0.375. The van der Waals surface area contributed by atoms with Crippen molar-refractivity contribution in [3.63, 3.8) is 0 Å². The van der Waals surface area contributed by atoms with Crippen molar-refractivity contribution in [1.29, 1.82) is 0 Å². The van der Waals surface area contributed by atoms with Crippen molar-refractivity contribution in [2.75, 3.05) is 0 Å². The first-order chi connectivity index (χ1) is 52.4. The molecular weight excluding hydrogens is 1380 g/mol. The van der Waals surface area contributed by atoms with Gasteiger partial charge in [-0.25, -0.2) is 9.97 Å². The van der Waals surface area contributed by atoms with Gasteiger partial charge < -0.3 is 9.31 Å². The van der Waals surface area contributed by atoms with Gasteiger partial charge in [-0.15, -0.1) is 0 Å². The second-order valence-electron chi connectivity index (χ2n) is 32.2. The number of halogens is 1. The maximum Gasteiger partial charge on any atom is 0.494 e. The molecule has 3 aliphatic rings. The van der Waals surface area contributed by atoms with E-state index in [0.29, 0.717) is 0 Å². The number of hydrogen-bond acceptors (Lipinski definition) is 4. The predicted octanol–water partition coefficient (Wildman–Crippen LogP) is 27.2. The van der Waals surface area contributed by atoms with Crippen molar-refractivity contribution in [3.05, 3.63) is 330 Å². The molecule has 23 rings (SSSR count). The summed E-state index contributed by atoms with van der Waals surface area (Å²) in [6, 6.07) is 111. The van der Waals surface area contributed by atoms with E-state index in [2.05, 4.69) is 375 Å². The Morgan fingerprint density at radius 2 is 0.593 bits per heavy atom. The lowest BCUT2D eigenvalue weighted by Crippen LogP contribution is -2.41. The molecule has 18 aromatic carbocycles. The van der Waals surface area contributed by atoms with E-state index in [0.717, 1.165) is 32.4 Å². The van der Waals surface area contributed by atoms with Crippen molar-refractivity contribution in [3.8, 4) is 55.9 Å². The summed E-state index contributed by atoms with van der Waals surface area (Å²) in [6.45, 7) is 17.7. The molecule has 0 bridgehead atoms. The molecule has 108 heavy (non-hydrogen) atoms. The number of fused-ring (bicyclic) bond motifs is 18. The highest BCUT2D eigenvalue weighted by Gasteiger charge is 2.52. The molecule has 1 aliphatic heterocycles. The minimum absolute atomic E-state index is 0.170. The maximum atomic E-state index is 6.38. The SMILES string of the molecule is Brc1ccc(-c2ccc3ccc4cccc5ccc2c3c45)cc1.CC1(C)c2cc(-c3ccc(-c4ccc5ccc6cccc7ccc4c5c67)cc3)ccc2-c2nc3c4ccccc4c4ccccc4c3cc21.CC1(C)c2cc(B3OC(C)(C)C(C)(C)O3)ccc2-c2nc3c4ccccc4c4ccccc4c3cc21. The first kappa shape index (κ1) is 64.7. The molecule has 4 nitrogen and oxygen atoms in total. The molecule has 0 unspecified atom stereocenters. The van der Waals surface area contributed by atoms with Gasteiger partial charge >= 0.3 is 7.12 Å². The van der Waals surface area contributed by atoms with Crippen LogP contribution in [0.2, 0.25) is 0 Å². The van der Waals surface area contributed by atoms with Gasteiger partial charge in [-0.2, -0.15) is 0 Å². The molecule has 514 valence electrons. The van der Waals surface area contributed by atoms with Crippen LogP contribution in [-0.4, -0.2) is 28.3 Å². The monoisotopic (exact) mass is 1450 g/mol. The molecule has 0 atom stereocenters. The Kier molecular flexibility index (Phi) is 14.2. The van der Waals surface area contributed by atoms with E-state index in [1.165, 1.54) is 185 Å². The van der Waals surface area contributed by atoms with Crippen LogP contribution in [0, 0.1) is 0 Å². The fourth-order valence-corrected chi connectivity index (χ4v) is 18.8. The highest BCUT2D eigenvalue weighted by molar-refractivity contribution is 9.10. The lowest BCUT2D eigenvalue weighted by Gasteiger charge is -2.32. The minimum Gasteiger partial charge on any atom is -0.399 e. The number of aromatic nitrogens is 2. The van der Waals surface area contributed by atoms with Gasteiger partial charge in [0.05, 0.1) is 33.6 Å². The molecule has 3 heterocycles. The third-order valence-corrected chi connectivity index (χ3v) is 25.5. The Morgan fingerprint density at radius 3 is 1.04 bits per heavy atom. The van der Waals surface area contributed by atoms with Gasteiger partial charge in [0.2, 0.25) is 0 Å². The van der Waals surface area contributed by atoms with Gasteiger partial charge in [-0.05, 0) is 216 Å². The standard InChI is InChI=1S/C48H31N.C32H30BNO2.C22H13Br/c1-48(2)42-26-33(22-25-40(42)47-43(48)27-41-37-12-4-3-10-35(37)36-11-5-6-13-39(36)46(41)49-47)28-14-16-29(17-15-28)34-23-20-32-19-18-30-8-7-9-31-21-24-38(34)45(32)44(30)31;1-30(2)26-17-19(33-35-31(3,4)32(5,6)36-33)15-16-24(26)29-27(30)18-25-22-13-8-7-11-20(22)21-12-9-10-14-23(21)28(25)34-29;23-18-10-6-14(7-11-18)19-12-8-17-5-4-15-2-1-3-16-9-13-20(19)22(17)21(15)16/h3-27H,1-2H3;7-18H,1-6H3;1-13H. The van der Waals surface area contributed by atoms with Gasteiger partial charge in [0.25, 0.3) is 0 Å². The normalized spacial score (nSPS) is 15.1. The van der Waals surface area contributed by atoms with Gasteiger partial charge in [-0.3, -0.25) is 0 Å². The van der Waals surface area contributed by atoms with E-state index >= 15 is 0 Å². The summed E-state index contributed by atoms with van der Waals surface area (Å²) in [5.41, 5.74) is 19.5. The van der Waals surface area contributed by atoms with Crippen LogP contribution in [0.3, 0.4) is 0 Å². The Hall–Kier alpha value is -11.6. The zero-order chi connectivity index (χ0) is 72.9. The molecule has 2 aromatic heterocycles. The molecule has 0 N–H and O–H groups in total. The molecule has 0 spiro atoms. The smallest absolute Gasteiger partial charge is 0.399 e. The lowest BCUT2D eigenvalue weighted by atomic mass is 9.74. The predicted molar refractivity (Wildman–Crippen MR) is 462 cm³/mol. The molecule has 1 saturated heterocycles. The molecule has 1 fully saturated rings. The third-order valence-electron chi connectivity index (χ3n) is 25.0. The van der Waals surface area contributed by atoms with E-state index in [1.807, 2.05) is 0 Å². The van der Waals surface area contributed by atoms with E-state index in [4.69, 9.17) is 19.3 Å². The van der Waals surface area contributed by atoms with Crippen molar-refractivity contribution >= 4 is 158 Å². The van der Waals surface area contributed by atoms with Crippen LogP contribution >= 0.6 is 15.9 Å². The zero-order valence-electron chi connectivity index (χ0n) is 61.5. The van der Waals surface area contributed by atoms with Crippen LogP contribution in [-0.2, 0) is 20.1 Å².